The van der Waals surface area contributed by atoms with Gasteiger partial charge >= 0.3 is 6.18 Å². The molecule has 0 saturated carbocycles. The molecule has 0 fully saturated rings. The van der Waals surface area contributed by atoms with E-state index in [9.17, 15) is 13.2 Å². The Labute approximate surface area is 182 Å². The lowest BCUT2D eigenvalue weighted by Gasteiger charge is -2.17. The van der Waals surface area contributed by atoms with Gasteiger partial charge in [0.2, 0.25) is 0 Å². The van der Waals surface area contributed by atoms with Gasteiger partial charge in [0.05, 0.1) is 22.0 Å². The van der Waals surface area contributed by atoms with Crippen molar-refractivity contribution in [2.75, 3.05) is 6.61 Å². The van der Waals surface area contributed by atoms with Gasteiger partial charge in [-0.2, -0.15) is 13.2 Å². The molecule has 0 N–H and O–H groups in total. The highest BCUT2D eigenvalue weighted by Crippen LogP contribution is 2.35. The third kappa shape index (κ3) is 5.28. The van der Waals surface area contributed by atoms with Crippen molar-refractivity contribution >= 4 is 17.0 Å². The molecule has 0 amide bonds. The van der Waals surface area contributed by atoms with Gasteiger partial charge < -0.3 is 4.84 Å². The van der Waals surface area contributed by atoms with Crippen molar-refractivity contribution in [2.24, 2.45) is 5.16 Å². The Morgan fingerprint density at radius 3 is 2.81 bits per heavy atom. The maximum Gasteiger partial charge on any atom is 0.389 e. The zero-order valence-corrected chi connectivity index (χ0v) is 17.8. The zero-order chi connectivity index (χ0) is 21.8. The van der Waals surface area contributed by atoms with Crippen molar-refractivity contribution in [3.63, 3.8) is 0 Å². The molecule has 0 aromatic carbocycles. The lowest BCUT2D eigenvalue weighted by molar-refractivity contribution is -0.137. The summed E-state index contributed by atoms with van der Waals surface area (Å²) >= 11 is 1.55. The number of pyridine rings is 2. The van der Waals surface area contributed by atoms with Crippen LogP contribution in [0.2, 0.25) is 0 Å². The van der Waals surface area contributed by atoms with Crippen molar-refractivity contribution in [3.8, 4) is 21.1 Å². The third-order valence-electron chi connectivity index (χ3n) is 4.92. The highest BCUT2D eigenvalue weighted by Gasteiger charge is 2.26. The standard InChI is InChI=1S/C22H21F3N4OS/c1-14-20(31-21(27-14)16-6-3-11-26-13-16)18-9-8-15-5-2-7-17(19(15)28-18)29-30-12-4-10-22(23,24)25/h3,6,8-9,11,13H,2,4-5,7,10,12H2,1H3. The van der Waals surface area contributed by atoms with Crippen LogP contribution < -0.4 is 0 Å². The van der Waals surface area contributed by atoms with Crippen LogP contribution in [0.3, 0.4) is 0 Å². The molecule has 3 aromatic heterocycles. The number of nitrogens with zero attached hydrogens (tertiary/aromatic N) is 4. The van der Waals surface area contributed by atoms with Crippen LogP contribution in [0, 0.1) is 6.92 Å². The average molecular weight is 446 g/mol. The molecule has 0 radical (unpaired) electrons. The number of halogens is 3. The summed E-state index contributed by atoms with van der Waals surface area (Å²) < 4.78 is 36.8. The van der Waals surface area contributed by atoms with Crippen LogP contribution in [0.1, 0.15) is 42.6 Å². The highest BCUT2D eigenvalue weighted by molar-refractivity contribution is 7.18. The molecule has 5 nitrogen and oxygen atoms in total. The zero-order valence-electron chi connectivity index (χ0n) is 16.9. The number of rotatable bonds is 6. The fourth-order valence-electron chi connectivity index (χ4n) is 3.43. The first-order chi connectivity index (χ1) is 14.9. The molecule has 1 aliphatic carbocycles. The van der Waals surface area contributed by atoms with Gasteiger partial charge in [-0.1, -0.05) is 11.2 Å². The molecule has 9 heteroatoms. The average Bonchev–Trinajstić information content (AvgIpc) is 3.15. The maximum atomic E-state index is 12.3. The molecule has 1 aliphatic rings. The van der Waals surface area contributed by atoms with Crippen molar-refractivity contribution in [1.82, 2.24) is 15.0 Å². The predicted octanol–water partition coefficient (Wildman–Crippen LogP) is 5.98. The van der Waals surface area contributed by atoms with E-state index in [2.05, 4.69) is 15.1 Å². The van der Waals surface area contributed by atoms with Crippen LogP contribution in [0.25, 0.3) is 21.1 Å². The SMILES string of the molecule is Cc1nc(-c2cccnc2)sc1-c1ccc2c(n1)C(=NOCCCC(F)(F)F)CCC2. The Morgan fingerprint density at radius 2 is 2.03 bits per heavy atom. The van der Waals surface area contributed by atoms with Gasteiger partial charge in [-0.3, -0.25) is 4.98 Å². The minimum atomic E-state index is -4.17. The first-order valence-corrected chi connectivity index (χ1v) is 10.9. The number of fused-ring (bicyclic) bond motifs is 1. The summed E-state index contributed by atoms with van der Waals surface area (Å²) in [5.74, 6) is 0. The van der Waals surface area contributed by atoms with Crippen molar-refractivity contribution in [2.45, 2.75) is 45.2 Å². The van der Waals surface area contributed by atoms with Crippen molar-refractivity contribution in [1.29, 1.82) is 0 Å². The topological polar surface area (TPSA) is 60.3 Å². The normalized spacial score (nSPS) is 15.2. The van der Waals surface area contributed by atoms with E-state index in [1.54, 1.807) is 23.7 Å². The number of hydrogen-bond acceptors (Lipinski definition) is 6. The Balaban J connectivity index is 1.56. The van der Waals surface area contributed by atoms with Crippen LogP contribution in [0.4, 0.5) is 13.2 Å². The summed E-state index contributed by atoms with van der Waals surface area (Å²) in [7, 11) is 0. The second-order valence-electron chi connectivity index (χ2n) is 7.32. The summed E-state index contributed by atoms with van der Waals surface area (Å²) in [5, 5.41) is 5.00. The van der Waals surface area contributed by atoms with E-state index in [-0.39, 0.29) is 13.0 Å². The number of aryl methyl sites for hydroxylation is 2. The Bertz CT molecular complexity index is 1080. The van der Waals surface area contributed by atoms with Gasteiger partial charge in [-0.25, -0.2) is 9.97 Å². The summed E-state index contributed by atoms with van der Waals surface area (Å²) in [6.45, 7) is 1.88. The van der Waals surface area contributed by atoms with E-state index in [1.165, 1.54) is 0 Å². The first kappa shape index (κ1) is 21.4. The number of thiazole rings is 1. The summed E-state index contributed by atoms with van der Waals surface area (Å²) in [6.07, 6.45) is 0.822. The van der Waals surface area contributed by atoms with Crippen molar-refractivity contribution in [3.05, 3.63) is 53.6 Å². The van der Waals surface area contributed by atoms with Crippen molar-refractivity contribution < 1.29 is 18.0 Å². The molecule has 0 saturated heterocycles. The molecule has 0 aliphatic heterocycles. The van der Waals surface area contributed by atoms with E-state index in [0.29, 0.717) is 12.1 Å². The van der Waals surface area contributed by atoms with E-state index in [1.807, 2.05) is 31.2 Å². The third-order valence-corrected chi connectivity index (χ3v) is 6.15. The molecule has 4 rings (SSSR count). The molecule has 3 heterocycles. The number of hydrogen-bond donors (Lipinski definition) is 0. The lowest BCUT2D eigenvalue weighted by atomic mass is 9.94. The fourth-order valence-corrected chi connectivity index (χ4v) is 4.45. The molecule has 0 unspecified atom stereocenters. The van der Waals surface area contributed by atoms with Crippen LogP contribution in [0.5, 0.6) is 0 Å². The van der Waals surface area contributed by atoms with E-state index in [4.69, 9.17) is 9.82 Å². The number of alkyl halides is 3. The molecular formula is C22H21F3N4OS. The number of oxime groups is 1. The quantitative estimate of drug-likeness (QED) is 0.345. The maximum absolute atomic E-state index is 12.3. The van der Waals surface area contributed by atoms with E-state index < -0.39 is 12.6 Å². The van der Waals surface area contributed by atoms with Gasteiger partial charge in [-0.15, -0.1) is 11.3 Å². The lowest BCUT2D eigenvalue weighted by Crippen LogP contribution is -2.15. The molecule has 0 bridgehead atoms. The van der Waals surface area contributed by atoms with Gasteiger partial charge in [0.15, 0.2) is 0 Å². The summed E-state index contributed by atoms with van der Waals surface area (Å²) in [5.41, 5.74) is 5.15. The van der Waals surface area contributed by atoms with Crippen LogP contribution in [0.15, 0.2) is 41.8 Å². The van der Waals surface area contributed by atoms with Crippen LogP contribution >= 0.6 is 11.3 Å². The van der Waals surface area contributed by atoms with Gasteiger partial charge in [0.1, 0.15) is 17.3 Å². The fraction of sp³-hybridized carbons (Fsp3) is 0.364. The van der Waals surface area contributed by atoms with E-state index in [0.717, 1.165) is 50.9 Å². The molecule has 0 spiro atoms. The predicted molar refractivity (Wildman–Crippen MR) is 114 cm³/mol. The van der Waals surface area contributed by atoms with E-state index >= 15 is 0 Å². The number of aromatic nitrogens is 3. The molecule has 0 atom stereocenters. The minimum Gasteiger partial charge on any atom is -0.396 e. The monoisotopic (exact) mass is 446 g/mol. The molecule has 31 heavy (non-hydrogen) atoms. The van der Waals surface area contributed by atoms with Crippen LogP contribution in [-0.2, 0) is 11.3 Å². The highest BCUT2D eigenvalue weighted by atomic mass is 32.1. The minimum absolute atomic E-state index is 0.0690. The Morgan fingerprint density at radius 1 is 1.16 bits per heavy atom. The first-order valence-electron chi connectivity index (χ1n) is 10.0. The van der Waals surface area contributed by atoms with Gasteiger partial charge in [-0.05, 0) is 56.4 Å². The Kier molecular flexibility index (Phi) is 6.31. The second kappa shape index (κ2) is 9.13. The Hall–Kier alpha value is -2.81. The molecular weight excluding hydrogens is 425 g/mol. The summed E-state index contributed by atoms with van der Waals surface area (Å²) in [4.78, 5) is 19.8. The smallest absolute Gasteiger partial charge is 0.389 e. The van der Waals surface area contributed by atoms with Gasteiger partial charge in [0, 0.05) is 24.4 Å². The summed E-state index contributed by atoms with van der Waals surface area (Å²) in [6, 6.07) is 7.87. The molecule has 162 valence electrons. The largest absolute Gasteiger partial charge is 0.396 e. The second-order valence-corrected chi connectivity index (χ2v) is 8.32. The molecule has 3 aromatic rings. The van der Waals surface area contributed by atoms with Crippen LogP contribution in [-0.4, -0.2) is 33.4 Å². The van der Waals surface area contributed by atoms with Gasteiger partial charge in [0.25, 0.3) is 0 Å².